The van der Waals surface area contributed by atoms with Gasteiger partial charge in [-0.15, -0.1) is 0 Å². The zero-order valence-corrected chi connectivity index (χ0v) is 8.21. The average molecular weight is 229 g/mol. The number of benzene rings is 1. The molecule has 1 rings (SSSR count). The summed E-state index contributed by atoms with van der Waals surface area (Å²) in [6.07, 6.45) is 1.80. The van der Waals surface area contributed by atoms with Crippen molar-refractivity contribution in [3.05, 3.63) is 28.7 Å². The Bertz CT molecular complexity index is 295. The number of phenols is 1. The lowest BCUT2D eigenvalue weighted by molar-refractivity contribution is 0.372. The minimum Gasteiger partial charge on any atom is -0.504 e. The number of ether oxygens (including phenoxy) is 1. The predicted octanol–water partition coefficient (Wildman–Crippen LogP) is 2.77. The largest absolute Gasteiger partial charge is 0.504 e. The Hall–Kier alpha value is -0.960. The van der Waals surface area contributed by atoms with E-state index in [9.17, 15) is 5.11 Å². The lowest BCUT2D eigenvalue weighted by Crippen LogP contribution is -1.86. The number of hydrogen-bond donors (Lipinski definition) is 1. The maximum absolute atomic E-state index is 9.34. The van der Waals surface area contributed by atoms with Gasteiger partial charge in [-0.05, 0) is 17.1 Å². The number of para-hydroxylation sites is 1. The Labute approximate surface area is 79.6 Å². The third-order valence-corrected chi connectivity index (χ3v) is 1.74. The van der Waals surface area contributed by atoms with E-state index < -0.39 is 0 Å². The molecule has 0 saturated carbocycles. The highest BCUT2D eigenvalue weighted by Gasteiger charge is 2.03. The van der Waals surface area contributed by atoms with Gasteiger partial charge in [0.2, 0.25) is 0 Å². The molecule has 0 unspecified atom stereocenters. The number of phenolic OH excluding ortho intramolecular Hbond substituents is 1. The van der Waals surface area contributed by atoms with Crippen LogP contribution in [0.25, 0.3) is 6.08 Å². The number of halogens is 1. The first-order valence-corrected chi connectivity index (χ1v) is 4.34. The summed E-state index contributed by atoms with van der Waals surface area (Å²) >= 11 is 3.16. The molecule has 0 aromatic heterocycles. The van der Waals surface area contributed by atoms with Crippen LogP contribution in [0.15, 0.2) is 23.2 Å². The predicted molar refractivity (Wildman–Crippen MR) is 52.6 cm³/mol. The molecule has 0 fully saturated rings. The summed E-state index contributed by atoms with van der Waals surface area (Å²) in [5.74, 6) is 0.647. The first-order valence-electron chi connectivity index (χ1n) is 3.42. The van der Waals surface area contributed by atoms with Crippen molar-refractivity contribution in [3.63, 3.8) is 0 Å². The SMILES string of the molecule is COc1c(O)cccc1C=CBr. The third kappa shape index (κ3) is 1.80. The molecule has 0 aliphatic carbocycles. The van der Waals surface area contributed by atoms with Crippen LogP contribution in [0.2, 0.25) is 0 Å². The van der Waals surface area contributed by atoms with E-state index >= 15 is 0 Å². The second-order valence-electron chi connectivity index (χ2n) is 2.19. The number of rotatable bonds is 2. The van der Waals surface area contributed by atoms with Gasteiger partial charge in [0.1, 0.15) is 0 Å². The Kier molecular flexibility index (Phi) is 3.17. The highest BCUT2D eigenvalue weighted by Crippen LogP contribution is 2.30. The number of aromatic hydroxyl groups is 1. The maximum atomic E-state index is 9.34. The lowest BCUT2D eigenvalue weighted by atomic mass is 10.2. The molecule has 64 valence electrons. The van der Waals surface area contributed by atoms with Crippen LogP contribution in [0.1, 0.15) is 5.56 Å². The zero-order valence-electron chi connectivity index (χ0n) is 6.62. The van der Waals surface area contributed by atoms with E-state index in [-0.39, 0.29) is 5.75 Å². The molecule has 0 amide bonds. The van der Waals surface area contributed by atoms with Crippen molar-refractivity contribution in [2.24, 2.45) is 0 Å². The van der Waals surface area contributed by atoms with Crippen molar-refractivity contribution >= 4 is 22.0 Å². The summed E-state index contributed by atoms with van der Waals surface area (Å²) in [4.78, 5) is 1.71. The Balaban J connectivity index is 3.18. The summed E-state index contributed by atoms with van der Waals surface area (Å²) in [6, 6.07) is 5.21. The van der Waals surface area contributed by atoms with Gasteiger partial charge in [0.05, 0.1) is 7.11 Å². The van der Waals surface area contributed by atoms with E-state index in [1.807, 2.05) is 6.07 Å². The van der Waals surface area contributed by atoms with E-state index in [0.29, 0.717) is 5.75 Å². The summed E-state index contributed by atoms with van der Waals surface area (Å²) in [5.41, 5.74) is 0.842. The second-order valence-corrected chi connectivity index (χ2v) is 2.72. The fraction of sp³-hybridized carbons (Fsp3) is 0.111. The normalized spacial score (nSPS) is 10.5. The molecular formula is C9H9BrO2. The van der Waals surface area contributed by atoms with Gasteiger partial charge in [-0.2, -0.15) is 0 Å². The van der Waals surface area contributed by atoms with Crippen molar-refractivity contribution in [2.75, 3.05) is 7.11 Å². The van der Waals surface area contributed by atoms with Crippen LogP contribution in [0.5, 0.6) is 11.5 Å². The molecule has 0 aliphatic rings. The molecule has 1 N–H and O–H groups in total. The van der Waals surface area contributed by atoms with Crippen molar-refractivity contribution in [2.45, 2.75) is 0 Å². The van der Waals surface area contributed by atoms with Crippen LogP contribution in [0.4, 0.5) is 0 Å². The molecule has 0 bridgehead atoms. The number of methoxy groups -OCH3 is 1. The molecule has 1 aromatic rings. The summed E-state index contributed by atoms with van der Waals surface area (Å²) in [7, 11) is 1.53. The summed E-state index contributed by atoms with van der Waals surface area (Å²) in [6.45, 7) is 0. The number of hydrogen-bond acceptors (Lipinski definition) is 2. The van der Waals surface area contributed by atoms with Crippen LogP contribution in [-0.4, -0.2) is 12.2 Å². The fourth-order valence-electron chi connectivity index (χ4n) is 0.964. The highest BCUT2D eigenvalue weighted by molar-refractivity contribution is 9.11. The van der Waals surface area contributed by atoms with Gasteiger partial charge in [0.15, 0.2) is 11.5 Å². The fourth-order valence-corrected chi connectivity index (χ4v) is 1.25. The van der Waals surface area contributed by atoms with Crippen molar-refractivity contribution in [1.82, 2.24) is 0 Å². The van der Waals surface area contributed by atoms with Crippen LogP contribution in [-0.2, 0) is 0 Å². The standard InChI is InChI=1S/C9H9BrO2/c1-12-9-7(5-6-10)3-2-4-8(9)11/h2-6,11H,1H3. The minimum absolute atomic E-state index is 0.153. The highest BCUT2D eigenvalue weighted by atomic mass is 79.9. The quantitative estimate of drug-likeness (QED) is 0.844. The molecular weight excluding hydrogens is 220 g/mol. The average Bonchev–Trinajstić information content (AvgIpc) is 2.05. The second kappa shape index (κ2) is 4.16. The van der Waals surface area contributed by atoms with Gasteiger partial charge in [-0.1, -0.05) is 28.1 Å². The van der Waals surface area contributed by atoms with Gasteiger partial charge < -0.3 is 9.84 Å². The van der Waals surface area contributed by atoms with Gasteiger partial charge >= 0.3 is 0 Å². The lowest BCUT2D eigenvalue weighted by Gasteiger charge is -2.05. The minimum atomic E-state index is 0.153. The Morgan fingerprint density at radius 1 is 1.50 bits per heavy atom. The molecule has 0 radical (unpaired) electrons. The Morgan fingerprint density at radius 3 is 2.83 bits per heavy atom. The summed E-state index contributed by atoms with van der Waals surface area (Å²) < 4.78 is 5.01. The molecule has 2 nitrogen and oxygen atoms in total. The van der Waals surface area contributed by atoms with Crippen LogP contribution in [0, 0.1) is 0 Å². The van der Waals surface area contributed by atoms with Crippen LogP contribution in [0.3, 0.4) is 0 Å². The van der Waals surface area contributed by atoms with E-state index in [1.54, 1.807) is 23.2 Å². The third-order valence-electron chi connectivity index (χ3n) is 1.47. The summed E-state index contributed by atoms with van der Waals surface area (Å²) in [5, 5.41) is 9.34. The molecule has 0 heterocycles. The van der Waals surface area contributed by atoms with E-state index in [2.05, 4.69) is 15.9 Å². The van der Waals surface area contributed by atoms with Gasteiger partial charge in [-0.3, -0.25) is 0 Å². The smallest absolute Gasteiger partial charge is 0.167 e. The van der Waals surface area contributed by atoms with Crippen LogP contribution >= 0.6 is 15.9 Å². The molecule has 0 spiro atoms. The van der Waals surface area contributed by atoms with E-state index in [4.69, 9.17) is 4.74 Å². The van der Waals surface area contributed by atoms with E-state index in [1.165, 1.54) is 7.11 Å². The molecule has 1 aromatic carbocycles. The van der Waals surface area contributed by atoms with Crippen molar-refractivity contribution < 1.29 is 9.84 Å². The van der Waals surface area contributed by atoms with E-state index in [0.717, 1.165) is 5.56 Å². The van der Waals surface area contributed by atoms with Crippen molar-refractivity contribution in [1.29, 1.82) is 0 Å². The van der Waals surface area contributed by atoms with Gasteiger partial charge in [0.25, 0.3) is 0 Å². The first-order chi connectivity index (χ1) is 5.79. The molecule has 3 heteroatoms. The first kappa shape index (κ1) is 9.13. The van der Waals surface area contributed by atoms with Crippen molar-refractivity contribution in [3.8, 4) is 11.5 Å². The zero-order chi connectivity index (χ0) is 8.97. The van der Waals surface area contributed by atoms with Gasteiger partial charge in [-0.25, -0.2) is 0 Å². The molecule has 0 saturated heterocycles. The molecule has 0 aliphatic heterocycles. The molecule has 12 heavy (non-hydrogen) atoms. The van der Waals surface area contributed by atoms with Gasteiger partial charge in [0, 0.05) is 5.56 Å². The monoisotopic (exact) mass is 228 g/mol. The molecule has 0 atom stereocenters. The Morgan fingerprint density at radius 2 is 2.25 bits per heavy atom. The topological polar surface area (TPSA) is 29.5 Å². The maximum Gasteiger partial charge on any atom is 0.167 e. The van der Waals surface area contributed by atoms with Crippen LogP contribution < -0.4 is 4.74 Å².